The van der Waals surface area contributed by atoms with Gasteiger partial charge in [-0.15, -0.1) is 0 Å². The fraction of sp³-hybridized carbons (Fsp3) is 0.308. The number of methoxy groups -OCH3 is 1. The predicted molar refractivity (Wildman–Crippen MR) is 64.2 cm³/mol. The molecule has 1 aliphatic heterocycles. The van der Waals surface area contributed by atoms with Crippen LogP contribution in [0.1, 0.15) is 28.8 Å². The first-order valence-electron chi connectivity index (χ1n) is 5.59. The van der Waals surface area contributed by atoms with Crippen LogP contribution in [-0.2, 0) is 14.3 Å². The molecule has 0 spiro atoms. The Labute approximate surface area is 104 Å². The lowest BCUT2D eigenvalue weighted by molar-refractivity contribution is -0.121. The number of nitrogens with zero attached hydrogens (tertiary/aromatic N) is 1. The van der Waals surface area contributed by atoms with Crippen LogP contribution in [0.5, 0.6) is 0 Å². The van der Waals surface area contributed by atoms with Crippen molar-refractivity contribution in [2.75, 3.05) is 12.0 Å². The maximum Gasteiger partial charge on any atom is 0.337 e. The number of ether oxygens (including phenoxy) is 1. The maximum absolute atomic E-state index is 11.7. The number of amides is 2. The number of hydrogen-bond donors (Lipinski definition) is 0. The molecule has 0 radical (unpaired) electrons. The molecule has 0 atom stereocenters. The van der Waals surface area contributed by atoms with Crippen molar-refractivity contribution in [3.63, 3.8) is 0 Å². The summed E-state index contributed by atoms with van der Waals surface area (Å²) in [6.07, 6.45) is 0.446. The largest absolute Gasteiger partial charge is 0.465 e. The molecule has 94 valence electrons. The van der Waals surface area contributed by atoms with Gasteiger partial charge in [-0.05, 0) is 24.6 Å². The van der Waals surface area contributed by atoms with Crippen molar-refractivity contribution in [3.05, 3.63) is 29.3 Å². The third kappa shape index (κ3) is 1.99. The molecule has 0 aromatic heterocycles. The van der Waals surface area contributed by atoms with Gasteiger partial charge in [-0.1, -0.05) is 6.07 Å². The highest BCUT2D eigenvalue weighted by Gasteiger charge is 2.31. The molecule has 5 nitrogen and oxygen atoms in total. The second-order valence-corrected chi connectivity index (χ2v) is 4.12. The minimum atomic E-state index is -0.490. The molecule has 1 heterocycles. The van der Waals surface area contributed by atoms with E-state index in [0.29, 0.717) is 11.3 Å². The van der Waals surface area contributed by atoms with Crippen molar-refractivity contribution < 1.29 is 19.1 Å². The number of carbonyl (C=O) groups excluding carboxylic acids is 3. The molecule has 2 amide bonds. The van der Waals surface area contributed by atoms with Gasteiger partial charge in [0.15, 0.2) is 0 Å². The number of anilines is 1. The van der Waals surface area contributed by atoms with E-state index in [4.69, 9.17) is 0 Å². The molecular formula is C13H13NO4. The van der Waals surface area contributed by atoms with Crippen LogP contribution in [0, 0.1) is 6.92 Å². The summed E-state index contributed by atoms with van der Waals surface area (Å²) >= 11 is 0. The number of aryl methyl sites for hydroxylation is 1. The summed E-state index contributed by atoms with van der Waals surface area (Å²) in [5.41, 5.74) is 1.56. The number of esters is 1. The molecule has 18 heavy (non-hydrogen) atoms. The molecule has 0 saturated carbocycles. The average molecular weight is 247 g/mol. The van der Waals surface area contributed by atoms with E-state index in [1.54, 1.807) is 19.1 Å². The van der Waals surface area contributed by atoms with Crippen LogP contribution in [0.15, 0.2) is 18.2 Å². The zero-order valence-corrected chi connectivity index (χ0v) is 10.2. The molecule has 0 bridgehead atoms. The van der Waals surface area contributed by atoms with E-state index >= 15 is 0 Å². The molecule has 2 rings (SSSR count). The molecule has 1 fully saturated rings. The van der Waals surface area contributed by atoms with Gasteiger partial charge in [0, 0.05) is 12.8 Å². The number of rotatable bonds is 2. The van der Waals surface area contributed by atoms with Crippen LogP contribution >= 0.6 is 0 Å². The second-order valence-electron chi connectivity index (χ2n) is 4.12. The highest BCUT2D eigenvalue weighted by molar-refractivity contribution is 6.20. The molecule has 1 aromatic carbocycles. The van der Waals surface area contributed by atoms with Gasteiger partial charge in [-0.3, -0.25) is 14.5 Å². The fourth-order valence-electron chi connectivity index (χ4n) is 1.94. The van der Waals surface area contributed by atoms with Gasteiger partial charge in [0.2, 0.25) is 11.8 Å². The van der Waals surface area contributed by atoms with Crippen molar-refractivity contribution >= 4 is 23.5 Å². The molecule has 1 saturated heterocycles. The Hall–Kier alpha value is -2.17. The highest BCUT2D eigenvalue weighted by Crippen LogP contribution is 2.27. The zero-order valence-electron chi connectivity index (χ0n) is 10.2. The van der Waals surface area contributed by atoms with E-state index in [1.165, 1.54) is 13.2 Å². The molecule has 0 N–H and O–H groups in total. The Morgan fingerprint density at radius 2 is 1.83 bits per heavy atom. The highest BCUT2D eigenvalue weighted by atomic mass is 16.5. The van der Waals surface area contributed by atoms with Crippen molar-refractivity contribution in [2.24, 2.45) is 0 Å². The Morgan fingerprint density at radius 1 is 1.22 bits per heavy atom. The van der Waals surface area contributed by atoms with E-state index < -0.39 is 5.97 Å². The minimum absolute atomic E-state index is 0.223. The lowest BCUT2D eigenvalue weighted by Gasteiger charge is -2.17. The maximum atomic E-state index is 11.7. The van der Waals surface area contributed by atoms with E-state index in [1.807, 2.05) is 0 Å². The molecule has 1 aliphatic rings. The third-order valence-electron chi connectivity index (χ3n) is 2.92. The zero-order chi connectivity index (χ0) is 13.3. The standard InChI is InChI=1S/C13H13NO4/c1-8-3-4-9(13(17)18-2)7-10(8)14-11(15)5-6-12(14)16/h3-4,7H,5-6H2,1-2H3. The summed E-state index contributed by atoms with van der Waals surface area (Å²) in [6, 6.07) is 4.82. The average Bonchev–Trinajstić information content (AvgIpc) is 2.69. The van der Waals surface area contributed by atoms with Gasteiger partial charge in [0.1, 0.15) is 0 Å². The van der Waals surface area contributed by atoms with E-state index in [9.17, 15) is 14.4 Å². The topological polar surface area (TPSA) is 63.7 Å². The summed E-state index contributed by atoms with van der Waals surface area (Å²) in [4.78, 5) is 35.9. The third-order valence-corrected chi connectivity index (χ3v) is 2.92. The molecule has 1 aromatic rings. The minimum Gasteiger partial charge on any atom is -0.465 e. The molecule has 0 aliphatic carbocycles. The first kappa shape index (κ1) is 12.3. The van der Waals surface area contributed by atoms with Gasteiger partial charge in [0.25, 0.3) is 0 Å². The smallest absolute Gasteiger partial charge is 0.337 e. The van der Waals surface area contributed by atoms with Crippen LogP contribution < -0.4 is 4.90 Å². The Bertz CT molecular complexity index is 520. The van der Waals surface area contributed by atoms with E-state index in [-0.39, 0.29) is 24.7 Å². The van der Waals surface area contributed by atoms with Gasteiger partial charge < -0.3 is 4.74 Å². The molecule has 0 unspecified atom stereocenters. The van der Waals surface area contributed by atoms with Crippen molar-refractivity contribution in [2.45, 2.75) is 19.8 Å². The van der Waals surface area contributed by atoms with E-state index in [0.717, 1.165) is 10.5 Å². The number of hydrogen-bond acceptors (Lipinski definition) is 4. The Balaban J connectivity index is 2.46. The first-order valence-corrected chi connectivity index (χ1v) is 5.59. The van der Waals surface area contributed by atoms with Crippen LogP contribution in [0.2, 0.25) is 0 Å². The SMILES string of the molecule is COC(=O)c1ccc(C)c(N2C(=O)CCC2=O)c1. The van der Waals surface area contributed by atoms with Crippen molar-refractivity contribution in [1.82, 2.24) is 0 Å². The van der Waals surface area contributed by atoms with Crippen LogP contribution in [0.3, 0.4) is 0 Å². The van der Waals surface area contributed by atoms with Gasteiger partial charge in [-0.25, -0.2) is 4.79 Å². The summed E-state index contributed by atoms with van der Waals surface area (Å²) in [5.74, 6) is -0.953. The van der Waals surface area contributed by atoms with Crippen LogP contribution in [0.4, 0.5) is 5.69 Å². The lowest BCUT2D eigenvalue weighted by Crippen LogP contribution is -2.29. The van der Waals surface area contributed by atoms with Gasteiger partial charge >= 0.3 is 5.97 Å². The normalized spacial score (nSPS) is 15.1. The number of imide groups is 1. The Morgan fingerprint density at radius 3 is 2.39 bits per heavy atom. The van der Waals surface area contributed by atoms with Crippen LogP contribution in [-0.4, -0.2) is 24.9 Å². The summed E-state index contributed by atoms with van der Waals surface area (Å²) in [6.45, 7) is 1.79. The predicted octanol–water partition coefficient (Wildman–Crippen LogP) is 1.44. The first-order chi connectivity index (χ1) is 8.54. The summed E-state index contributed by atoms with van der Waals surface area (Å²) in [7, 11) is 1.29. The van der Waals surface area contributed by atoms with E-state index in [2.05, 4.69) is 4.74 Å². The quantitative estimate of drug-likeness (QED) is 0.586. The number of benzene rings is 1. The van der Waals surface area contributed by atoms with Gasteiger partial charge in [-0.2, -0.15) is 0 Å². The second kappa shape index (κ2) is 4.60. The van der Waals surface area contributed by atoms with Crippen molar-refractivity contribution in [1.29, 1.82) is 0 Å². The summed E-state index contributed by atoms with van der Waals surface area (Å²) < 4.78 is 4.62. The lowest BCUT2D eigenvalue weighted by atomic mass is 10.1. The van der Waals surface area contributed by atoms with Crippen molar-refractivity contribution in [3.8, 4) is 0 Å². The molecule has 5 heteroatoms. The Kier molecular flexibility index (Phi) is 3.14. The number of carbonyl (C=O) groups is 3. The summed E-state index contributed by atoms with van der Waals surface area (Å²) in [5, 5.41) is 0. The van der Waals surface area contributed by atoms with Crippen LogP contribution in [0.25, 0.3) is 0 Å². The molecular weight excluding hydrogens is 234 g/mol. The fourth-order valence-corrected chi connectivity index (χ4v) is 1.94. The monoisotopic (exact) mass is 247 g/mol. The van der Waals surface area contributed by atoms with Gasteiger partial charge in [0.05, 0.1) is 18.4 Å².